The van der Waals surface area contributed by atoms with Crippen LogP contribution in [0.3, 0.4) is 0 Å². The number of nitrogens with zero attached hydrogens (tertiary/aromatic N) is 3. The highest BCUT2D eigenvalue weighted by Gasteiger charge is 2.15. The predicted molar refractivity (Wildman–Crippen MR) is 146 cm³/mol. The molecule has 36 heavy (non-hydrogen) atoms. The molecule has 0 fully saturated rings. The van der Waals surface area contributed by atoms with Crippen LogP contribution in [0.5, 0.6) is 0 Å². The lowest BCUT2D eigenvalue weighted by Crippen LogP contribution is -2.13. The van der Waals surface area contributed by atoms with Gasteiger partial charge in [0.2, 0.25) is 5.91 Å². The smallest absolute Gasteiger partial charge is 0.224 e. The van der Waals surface area contributed by atoms with Gasteiger partial charge in [-0.05, 0) is 53.3 Å². The lowest BCUT2D eigenvalue weighted by Gasteiger charge is -2.09. The lowest BCUT2D eigenvalue weighted by atomic mass is 10.0. The molecule has 6 aromatic rings. The Morgan fingerprint density at radius 1 is 0.972 bits per heavy atom. The van der Waals surface area contributed by atoms with Gasteiger partial charge in [-0.2, -0.15) is 16.4 Å². The van der Waals surface area contributed by atoms with Crippen molar-refractivity contribution in [3.8, 4) is 33.8 Å². The maximum absolute atomic E-state index is 12.2. The minimum Gasteiger partial charge on any atom is -0.353 e. The molecule has 0 aliphatic heterocycles. The molecular formula is C28H24N6OS. The zero-order chi connectivity index (χ0) is 24.6. The molecule has 0 saturated carbocycles. The summed E-state index contributed by atoms with van der Waals surface area (Å²) in [6.07, 6.45) is 5.78. The molecule has 1 aromatic carbocycles. The molecule has 0 spiro atoms. The number of hydrogen-bond acceptors (Lipinski definition) is 5. The van der Waals surface area contributed by atoms with Crippen LogP contribution in [-0.4, -0.2) is 31.1 Å². The molecule has 178 valence electrons. The number of pyridine rings is 2. The molecule has 0 unspecified atom stereocenters. The average Bonchev–Trinajstić information content (AvgIpc) is 3.62. The molecule has 0 radical (unpaired) electrons. The standard InChI is InChI=1S/C28H24N6OS/c1-16(2)9-26(35)31-20-10-19(13-29-14-20)17-3-4-24-21(11-17)28(34-33-24)25-12-22-23(32-25)5-7-30-27(22)18-6-8-36-15-18/h3-8,10-16,32H,9H2,1-2H3,(H,31,35)(H,33,34). The molecule has 0 atom stereocenters. The van der Waals surface area contributed by atoms with Gasteiger partial charge < -0.3 is 10.3 Å². The van der Waals surface area contributed by atoms with E-state index in [4.69, 9.17) is 0 Å². The molecule has 0 aliphatic carbocycles. The van der Waals surface area contributed by atoms with Gasteiger partial charge in [-0.25, -0.2) is 0 Å². The van der Waals surface area contributed by atoms with Crippen molar-refractivity contribution in [2.75, 3.05) is 5.32 Å². The topological polar surface area (TPSA) is 99.3 Å². The normalized spacial score (nSPS) is 11.5. The number of carbonyl (C=O) groups excluding carboxylic acids is 1. The number of hydrogen-bond donors (Lipinski definition) is 3. The fourth-order valence-electron chi connectivity index (χ4n) is 4.46. The number of H-pyrrole nitrogens is 2. The van der Waals surface area contributed by atoms with Crippen LogP contribution >= 0.6 is 11.3 Å². The second-order valence-corrected chi connectivity index (χ2v) is 10.0. The molecule has 5 aromatic heterocycles. The van der Waals surface area contributed by atoms with Crippen LogP contribution in [0, 0.1) is 5.92 Å². The number of carbonyl (C=O) groups is 1. The maximum Gasteiger partial charge on any atom is 0.224 e. The van der Waals surface area contributed by atoms with Gasteiger partial charge in [0.25, 0.3) is 0 Å². The Morgan fingerprint density at radius 3 is 2.69 bits per heavy atom. The molecule has 5 heterocycles. The molecule has 0 bridgehead atoms. The van der Waals surface area contributed by atoms with E-state index in [1.165, 1.54) is 0 Å². The number of aromatic amines is 2. The Kier molecular flexibility index (Phi) is 5.58. The minimum atomic E-state index is -0.00774. The highest BCUT2D eigenvalue weighted by atomic mass is 32.1. The number of anilines is 1. The first-order valence-electron chi connectivity index (χ1n) is 11.8. The van der Waals surface area contributed by atoms with Crippen molar-refractivity contribution in [1.29, 1.82) is 0 Å². The quantitative estimate of drug-likeness (QED) is 0.236. The second-order valence-electron chi connectivity index (χ2n) is 9.26. The lowest BCUT2D eigenvalue weighted by molar-refractivity contribution is -0.116. The van der Waals surface area contributed by atoms with Gasteiger partial charge in [0.15, 0.2) is 0 Å². The number of thiophene rings is 1. The van der Waals surface area contributed by atoms with E-state index in [1.54, 1.807) is 23.7 Å². The Morgan fingerprint density at radius 2 is 1.86 bits per heavy atom. The van der Waals surface area contributed by atoms with Crippen LogP contribution in [-0.2, 0) is 4.79 Å². The largest absolute Gasteiger partial charge is 0.353 e. The van der Waals surface area contributed by atoms with Crippen molar-refractivity contribution in [3.63, 3.8) is 0 Å². The van der Waals surface area contributed by atoms with Crippen molar-refractivity contribution >= 4 is 44.7 Å². The number of nitrogens with one attached hydrogen (secondary N) is 3. The summed E-state index contributed by atoms with van der Waals surface area (Å²) in [7, 11) is 0. The van der Waals surface area contributed by atoms with Crippen molar-refractivity contribution in [3.05, 3.63) is 71.8 Å². The van der Waals surface area contributed by atoms with Gasteiger partial charge in [0.05, 0.1) is 28.8 Å². The third kappa shape index (κ3) is 4.16. The van der Waals surface area contributed by atoms with E-state index < -0.39 is 0 Å². The van der Waals surface area contributed by atoms with Crippen LogP contribution in [0.2, 0.25) is 0 Å². The molecule has 6 rings (SSSR count). The van der Waals surface area contributed by atoms with E-state index in [9.17, 15) is 4.79 Å². The first-order chi connectivity index (χ1) is 17.5. The van der Waals surface area contributed by atoms with Crippen molar-refractivity contribution in [1.82, 2.24) is 25.1 Å². The monoisotopic (exact) mass is 492 g/mol. The van der Waals surface area contributed by atoms with E-state index in [0.717, 1.165) is 55.6 Å². The van der Waals surface area contributed by atoms with E-state index in [1.807, 2.05) is 44.3 Å². The predicted octanol–water partition coefficient (Wildman–Crippen LogP) is 6.88. The summed E-state index contributed by atoms with van der Waals surface area (Å²) in [5.74, 6) is 0.288. The Bertz CT molecular complexity index is 1700. The highest BCUT2D eigenvalue weighted by molar-refractivity contribution is 7.08. The number of fused-ring (bicyclic) bond motifs is 2. The summed E-state index contributed by atoms with van der Waals surface area (Å²) in [4.78, 5) is 24.7. The Balaban J connectivity index is 1.38. The van der Waals surface area contributed by atoms with Crippen molar-refractivity contribution in [2.24, 2.45) is 5.92 Å². The van der Waals surface area contributed by atoms with Gasteiger partial charge in [-0.3, -0.25) is 19.9 Å². The number of benzene rings is 1. The molecular weight excluding hydrogens is 468 g/mol. The van der Waals surface area contributed by atoms with Crippen molar-refractivity contribution in [2.45, 2.75) is 20.3 Å². The van der Waals surface area contributed by atoms with Gasteiger partial charge in [0.1, 0.15) is 5.69 Å². The maximum atomic E-state index is 12.2. The Hall–Kier alpha value is -4.30. The van der Waals surface area contributed by atoms with E-state index in [-0.39, 0.29) is 5.91 Å². The van der Waals surface area contributed by atoms with E-state index in [2.05, 4.69) is 59.4 Å². The van der Waals surface area contributed by atoms with Gasteiger partial charge >= 0.3 is 0 Å². The van der Waals surface area contributed by atoms with Crippen molar-refractivity contribution < 1.29 is 4.79 Å². The van der Waals surface area contributed by atoms with Crippen LogP contribution in [0.1, 0.15) is 20.3 Å². The number of rotatable bonds is 6. The fourth-order valence-corrected chi connectivity index (χ4v) is 5.10. The Labute approximate surface area is 211 Å². The summed E-state index contributed by atoms with van der Waals surface area (Å²) < 4.78 is 0. The van der Waals surface area contributed by atoms with E-state index in [0.29, 0.717) is 18.0 Å². The third-order valence-electron chi connectivity index (χ3n) is 6.11. The zero-order valence-corrected chi connectivity index (χ0v) is 20.7. The fraction of sp³-hybridized carbons (Fsp3) is 0.143. The summed E-state index contributed by atoms with van der Waals surface area (Å²) in [5.41, 5.74) is 8.40. The van der Waals surface area contributed by atoms with Crippen LogP contribution in [0.25, 0.3) is 55.6 Å². The molecule has 1 amide bonds. The summed E-state index contributed by atoms with van der Waals surface area (Å²) >= 11 is 1.66. The van der Waals surface area contributed by atoms with Crippen LogP contribution < -0.4 is 5.32 Å². The molecule has 0 saturated heterocycles. The first kappa shape index (κ1) is 22.2. The van der Waals surface area contributed by atoms with E-state index >= 15 is 0 Å². The number of amides is 1. The highest BCUT2D eigenvalue weighted by Crippen LogP contribution is 2.35. The number of aromatic nitrogens is 5. The molecule has 3 N–H and O–H groups in total. The van der Waals surface area contributed by atoms with Gasteiger partial charge in [-0.15, -0.1) is 0 Å². The van der Waals surface area contributed by atoms with Gasteiger partial charge in [-0.1, -0.05) is 19.9 Å². The average molecular weight is 493 g/mol. The molecule has 7 nitrogen and oxygen atoms in total. The second kappa shape index (κ2) is 9.05. The van der Waals surface area contributed by atoms with Crippen LogP contribution in [0.4, 0.5) is 5.69 Å². The molecule has 0 aliphatic rings. The van der Waals surface area contributed by atoms with Crippen LogP contribution in [0.15, 0.2) is 71.8 Å². The minimum absolute atomic E-state index is 0.00774. The summed E-state index contributed by atoms with van der Waals surface area (Å²) in [6, 6.07) is 14.3. The zero-order valence-electron chi connectivity index (χ0n) is 19.9. The first-order valence-corrected chi connectivity index (χ1v) is 12.7. The third-order valence-corrected chi connectivity index (χ3v) is 6.79. The SMILES string of the molecule is CC(C)CC(=O)Nc1cncc(-c2ccc3[nH]nc(-c4cc5c(-c6ccsc6)nccc5[nH]4)c3c2)c1. The summed E-state index contributed by atoms with van der Waals surface area (Å²) in [6.45, 7) is 4.05. The summed E-state index contributed by atoms with van der Waals surface area (Å²) in [5, 5.41) is 17.0. The molecule has 8 heteroatoms. The van der Waals surface area contributed by atoms with Gasteiger partial charge in [0, 0.05) is 51.6 Å².